The van der Waals surface area contributed by atoms with Gasteiger partial charge in [0.25, 0.3) is 0 Å². The minimum absolute atomic E-state index is 0.370. The van der Waals surface area contributed by atoms with Crippen molar-refractivity contribution in [1.82, 2.24) is 4.90 Å². The average Bonchev–Trinajstić information content (AvgIpc) is 2.90. The van der Waals surface area contributed by atoms with Gasteiger partial charge >= 0.3 is 0 Å². The number of hydrogen-bond donors (Lipinski definition) is 1. The van der Waals surface area contributed by atoms with E-state index in [0.29, 0.717) is 5.54 Å². The van der Waals surface area contributed by atoms with Crippen LogP contribution in [-0.2, 0) is 0 Å². The van der Waals surface area contributed by atoms with Gasteiger partial charge in [0, 0.05) is 18.1 Å². The molecule has 110 valence electrons. The smallest absolute Gasteiger partial charge is 0.0362 e. The highest BCUT2D eigenvalue weighted by atomic mass is 15.3. The molecule has 3 fully saturated rings. The topological polar surface area (TPSA) is 29.3 Å². The second-order valence-electron chi connectivity index (χ2n) is 7.25. The van der Waals surface area contributed by atoms with E-state index < -0.39 is 0 Å². The van der Waals surface area contributed by atoms with Crippen molar-refractivity contribution < 1.29 is 0 Å². The van der Waals surface area contributed by atoms with Gasteiger partial charge in [-0.05, 0) is 56.9 Å². The van der Waals surface area contributed by atoms with E-state index in [0.717, 1.165) is 24.4 Å². The van der Waals surface area contributed by atoms with Gasteiger partial charge in [-0.1, -0.05) is 32.6 Å². The Hall–Kier alpha value is -0.0800. The summed E-state index contributed by atoms with van der Waals surface area (Å²) in [6, 6.07) is 0.873. The maximum Gasteiger partial charge on any atom is 0.0362 e. The number of likely N-dealkylation sites (tertiary alicyclic amines) is 1. The van der Waals surface area contributed by atoms with E-state index in [9.17, 15) is 0 Å². The van der Waals surface area contributed by atoms with Crippen molar-refractivity contribution in [1.29, 1.82) is 0 Å². The van der Waals surface area contributed by atoms with Crippen molar-refractivity contribution >= 4 is 0 Å². The van der Waals surface area contributed by atoms with Crippen molar-refractivity contribution in [2.45, 2.75) is 82.7 Å². The summed E-state index contributed by atoms with van der Waals surface area (Å²) in [6.07, 6.45) is 14.3. The van der Waals surface area contributed by atoms with Crippen LogP contribution in [-0.4, -0.2) is 29.6 Å². The van der Waals surface area contributed by atoms with Gasteiger partial charge in [-0.15, -0.1) is 0 Å². The fourth-order valence-electron chi connectivity index (χ4n) is 5.65. The Bertz CT molecular complexity index is 302. The van der Waals surface area contributed by atoms with Crippen LogP contribution in [0.3, 0.4) is 0 Å². The number of nitrogens with zero attached hydrogens (tertiary/aromatic N) is 1. The lowest BCUT2D eigenvalue weighted by molar-refractivity contribution is -0.0448. The fraction of sp³-hybridized carbons (Fsp3) is 1.00. The molecule has 19 heavy (non-hydrogen) atoms. The summed E-state index contributed by atoms with van der Waals surface area (Å²) >= 11 is 0. The monoisotopic (exact) mass is 264 g/mol. The SMILES string of the molecule is CCC1CCCC1(CN)N1CCC[C@H]2CCCC[C@H]21. The van der Waals surface area contributed by atoms with Gasteiger partial charge < -0.3 is 5.73 Å². The quantitative estimate of drug-likeness (QED) is 0.844. The summed E-state index contributed by atoms with van der Waals surface area (Å²) in [5.74, 6) is 1.85. The first kappa shape index (κ1) is 13.9. The van der Waals surface area contributed by atoms with Gasteiger partial charge in [0.05, 0.1) is 0 Å². The predicted molar refractivity (Wildman–Crippen MR) is 81.1 cm³/mol. The lowest BCUT2D eigenvalue weighted by Gasteiger charge is -2.54. The van der Waals surface area contributed by atoms with Gasteiger partial charge in [0.1, 0.15) is 0 Å². The number of piperidine rings is 1. The summed E-state index contributed by atoms with van der Waals surface area (Å²) in [4.78, 5) is 2.93. The van der Waals surface area contributed by atoms with Crippen LogP contribution in [0.5, 0.6) is 0 Å². The van der Waals surface area contributed by atoms with Crippen LogP contribution in [0.1, 0.15) is 71.1 Å². The highest BCUT2D eigenvalue weighted by molar-refractivity contribution is 5.05. The molecule has 2 aliphatic carbocycles. The molecule has 1 aliphatic heterocycles. The molecular weight excluding hydrogens is 232 g/mol. The number of hydrogen-bond acceptors (Lipinski definition) is 2. The van der Waals surface area contributed by atoms with E-state index in [1.807, 2.05) is 0 Å². The van der Waals surface area contributed by atoms with Gasteiger partial charge in [-0.2, -0.15) is 0 Å². The minimum atomic E-state index is 0.370. The van der Waals surface area contributed by atoms with Crippen LogP contribution in [0.25, 0.3) is 0 Å². The second-order valence-corrected chi connectivity index (χ2v) is 7.25. The van der Waals surface area contributed by atoms with Crippen LogP contribution < -0.4 is 5.73 Å². The molecule has 0 aromatic carbocycles. The molecule has 0 aromatic heterocycles. The summed E-state index contributed by atoms with van der Waals surface area (Å²) < 4.78 is 0. The van der Waals surface area contributed by atoms with Crippen LogP contribution in [0.4, 0.5) is 0 Å². The van der Waals surface area contributed by atoms with Crippen LogP contribution in [0.15, 0.2) is 0 Å². The Kier molecular flexibility index (Phi) is 4.19. The molecule has 2 saturated carbocycles. The van der Waals surface area contributed by atoms with Crippen LogP contribution >= 0.6 is 0 Å². The molecular formula is C17H32N2. The highest BCUT2D eigenvalue weighted by Gasteiger charge is 2.49. The molecule has 0 aromatic rings. The third-order valence-corrected chi connectivity index (χ3v) is 6.58. The Morgan fingerprint density at radius 3 is 2.63 bits per heavy atom. The lowest BCUT2D eigenvalue weighted by atomic mass is 9.73. The summed E-state index contributed by atoms with van der Waals surface area (Å²) in [5.41, 5.74) is 6.72. The number of rotatable bonds is 3. The fourth-order valence-corrected chi connectivity index (χ4v) is 5.65. The lowest BCUT2D eigenvalue weighted by Crippen LogP contribution is -2.63. The average molecular weight is 264 g/mol. The summed E-state index contributed by atoms with van der Waals surface area (Å²) in [5, 5.41) is 0. The zero-order chi connectivity index (χ0) is 13.3. The molecule has 2 nitrogen and oxygen atoms in total. The third-order valence-electron chi connectivity index (χ3n) is 6.58. The standard InChI is InChI=1S/C17H32N2/c1-2-15-9-5-11-17(15,13-18)19-12-6-8-14-7-3-4-10-16(14)19/h14-16H,2-13,18H2,1H3/t14-,15?,16-,17?/m1/s1. The van der Waals surface area contributed by atoms with Crippen molar-refractivity contribution in [2.75, 3.05) is 13.1 Å². The molecule has 0 spiro atoms. The Balaban J connectivity index is 1.85. The second kappa shape index (κ2) is 5.73. The van der Waals surface area contributed by atoms with E-state index in [1.54, 1.807) is 0 Å². The third kappa shape index (κ3) is 2.25. The van der Waals surface area contributed by atoms with Gasteiger partial charge in [0.15, 0.2) is 0 Å². The van der Waals surface area contributed by atoms with E-state index in [-0.39, 0.29) is 0 Å². The van der Waals surface area contributed by atoms with Crippen molar-refractivity contribution in [3.8, 4) is 0 Å². The molecule has 0 amide bonds. The largest absolute Gasteiger partial charge is 0.329 e. The maximum atomic E-state index is 6.35. The van der Waals surface area contributed by atoms with E-state index >= 15 is 0 Å². The van der Waals surface area contributed by atoms with Gasteiger partial charge in [-0.25, -0.2) is 0 Å². The Morgan fingerprint density at radius 2 is 1.84 bits per heavy atom. The first-order chi connectivity index (χ1) is 9.31. The van der Waals surface area contributed by atoms with Crippen LogP contribution in [0.2, 0.25) is 0 Å². The van der Waals surface area contributed by atoms with Crippen molar-refractivity contribution in [3.05, 3.63) is 0 Å². The maximum absolute atomic E-state index is 6.35. The molecule has 4 atom stereocenters. The van der Waals surface area contributed by atoms with Crippen molar-refractivity contribution in [3.63, 3.8) is 0 Å². The van der Waals surface area contributed by atoms with Crippen LogP contribution in [0, 0.1) is 11.8 Å². The minimum Gasteiger partial charge on any atom is -0.329 e. The van der Waals surface area contributed by atoms with Gasteiger partial charge in [-0.3, -0.25) is 4.90 Å². The first-order valence-corrected chi connectivity index (χ1v) is 8.78. The molecule has 2 unspecified atom stereocenters. The summed E-state index contributed by atoms with van der Waals surface area (Å²) in [6.45, 7) is 4.60. The zero-order valence-electron chi connectivity index (χ0n) is 12.7. The molecule has 0 radical (unpaired) electrons. The normalized spacial score (nSPS) is 44.2. The summed E-state index contributed by atoms with van der Waals surface area (Å²) in [7, 11) is 0. The molecule has 0 bridgehead atoms. The Labute approximate surface area is 119 Å². The predicted octanol–water partition coefficient (Wildman–Crippen LogP) is 3.55. The Morgan fingerprint density at radius 1 is 1.05 bits per heavy atom. The number of fused-ring (bicyclic) bond motifs is 1. The molecule has 2 heteroatoms. The van der Waals surface area contributed by atoms with E-state index in [2.05, 4.69) is 11.8 Å². The van der Waals surface area contributed by atoms with Crippen molar-refractivity contribution in [2.24, 2.45) is 17.6 Å². The zero-order valence-corrected chi connectivity index (χ0v) is 12.7. The first-order valence-electron chi connectivity index (χ1n) is 8.78. The highest BCUT2D eigenvalue weighted by Crippen LogP contribution is 2.47. The van der Waals surface area contributed by atoms with E-state index in [1.165, 1.54) is 70.8 Å². The number of nitrogens with two attached hydrogens (primary N) is 1. The van der Waals surface area contributed by atoms with E-state index in [4.69, 9.17) is 5.73 Å². The molecule has 3 rings (SSSR count). The molecule has 2 N–H and O–H groups in total. The molecule has 1 saturated heterocycles. The molecule has 3 aliphatic rings. The molecule has 1 heterocycles. The van der Waals surface area contributed by atoms with Gasteiger partial charge in [0.2, 0.25) is 0 Å².